The van der Waals surface area contributed by atoms with Gasteiger partial charge in [0.25, 0.3) is 5.91 Å². The Morgan fingerprint density at radius 1 is 0.972 bits per heavy atom. The van der Waals surface area contributed by atoms with Crippen molar-refractivity contribution in [2.24, 2.45) is 4.99 Å². The fourth-order valence-corrected chi connectivity index (χ4v) is 4.29. The van der Waals surface area contributed by atoms with E-state index in [9.17, 15) is 9.59 Å². The summed E-state index contributed by atoms with van der Waals surface area (Å²) in [5.74, 6) is -0.528. The zero-order valence-electron chi connectivity index (χ0n) is 21.9. The number of hydrogen-bond donors (Lipinski definition) is 1. The van der Waals surface area contributed by atoms with E-state index in [1.165, 1.54) is 0 Å². The number of hydrogen-bond acceptors (Lipinski definition) is 4. The molecule has 0 spiro atoms. The standard InChI is InChI=1S/C30H34N4O2/c1-29(2,3)23-10-12-24(13-11-23)34(28(36)21-9-14-25-20(18-21)15-17-32-25)26(22-8-7-16-31-19-22)27(35)33-30(4,5)6/h7-14,16-19,26H,15H2,1-6H3,(H,33,35). The molecular formula is C30H34N4O2. The van der Waals surface area contributed by atoms with Crippen molar-refractivity contribution >= 4 is 29.4 Å². The van der Waals surface area contributed by atoms with Gasteiger partial charge in [0.1, 0.15) is 6.04 Å². The van der Waals surface area contributed by atoms with Gasteiger partial charge in [0.15, 0.2) is 0 Å². The van der Waals surface area contributed by atoms with Crippen molar-refractivity contribution in [3.05, 3.63) is 89.2 Å². The van der Waals surface area contributed by atoms with E-state index in [4.69, 9.17) is 0 Å². The smallest absolute Gasteiger partial charge is 0.259 e. The van der Waals surface area contributed by atoms with Crippen LogP contribution < -0.4 is 10.2 Å². The van der Waals surface area contributed by atoms with Crippen LogP contribution in [0.15, 0.2) is 72.0 Å². The molecular weight excluding hydrogens is 448 g/mol. The second-order valence-electron chi connectivity index (χ2n) is 11.3. The fraction of sp³-hybridized carbons (Fsp3) is 0.333. The highest BCUT2D eigenvalue weighted by molar-refractivity contribution is 6.10. The minimum atomic E-state index is -0.907. The van der Waals surface area contributed by atoms with E-state index in [2.05, 4.69) is 36.1 Å². The lowest BCUT2D eigenvalue weighted by atomic mass is 9.87. The number of anilines is 1. The highest BCUT2D eigenvalue weighted by atomic mass is 16.2. The van der Waals surface area contributed by atoms with Crippen LogP contribution in [-0.2, 0) is 16.6 Å². The molecule has 0 radical (unpaired) electrons. The average molecular weight is 483 g/mol. The summed E-state index contributed by atoms with van der Waals surface area (Å²) in [7, 11) is 0. The molecule has 0 fully saturated rings. The van der Waals surface area contributed by atoms with Crippen molar-refractivity contribution in [3.63, 3.8) is 0 Å². The van der Waals surface area contributed by atoms with Gasteiger partial charge in [0, 0.05) is 47.4 Å². The molecule has 3 aromatic rings. The van der Waals surface area contributed by atoms with Gasteiger partial charge < -0.3 is 5.32 Å². The number of fused-ring (bicyclic) bond motifs is 1. The number of nitrogens with zero attached hydrogens (tertiary/aromatic N) is 3. The quantitative estimate of drug-likeness (QED) is 0.489. The Morgan fingerprint density at radius 3 is 2.31 bits per heavy atom. The Bertz CT molecular complexity index is 1280. The maximum Gasteiger partial charge on any atom is 0.259 e. The molecule has 4 rings (SSSR count). The Hall–Kier alpha value is -3.80. The van der Waals surface area contributed by atoms with Crippen LogP contribution >= 0.6 is 0 Å². The molecule has 6 heteroatoms. The molecule has 6 nitrogen and oxygen atoms in total. The number of nitrogens with one attached hydrogen (secondary N) is 1. The minimum absolute atomic E-state index is 0.0420. The highest BCUT2D eigenvalue weighted by Gasteiger charge is 2.35. The monoisotopic (exact) mass is 482 g/mol. The first-order valence-corrected chi connectivity index (χ1v) is 12.3. The number of aromatic nitrogens is 1. The molecule has 1 unspecified atom stereocenters. The molecule has 2 amide bonds. The summed E-state index contributed by atoms with van der Waals surface area (Å²) in [5.41, 5.74) is 4.29. The summed E-state index contributed by atoms with van der Waals surface area (Å²) in [6.07, 6.45) is 5.84. The minimum Gasteiger partial charge on any atom is -0.349 e. The van der Waals surface area contributed by atoms with Gasteiger partial charge in [-0.2, -0.15) is 0 Å². The van der Waals surface area contributed by atoms with E-state index in [0.29, 0.717) is 23.2 Å². The molecule has 2 aromatic carbocycles. The third-order valence-electron chi connectivity index (χ3n) is 6.10. The number of carbonyl (C=O) groups excluding carboxylic acids is 2. The molecule has 1 aromatic heterocycles. The first kappa shape index (κ1) is 25.3. The van der Waals surface area contributed by atoms with Crippen LogP contribution in [0.1, 0.15) is 74.6 Å². The number of rotatable bonds is 5. The summed E-state index contributed by atoms with van der Waals surface area (Å²) >= 11 is 0. The lowest BCUT2D eigenvalue weighted by molar-refractivity contribution is -0.123. The van der Waals surface area contributed by atoms with Crippen molar-refractivity contribution in [2.75, 3.05) is 4.90 Å². The van der Waals surface area contributed by atoms with E-state index in [1.807, 2.05) is 69.5 Å². The van der Waals surface area contributed by atoms with Crippen LogP contribution in [0.25, 0.3) is 0 Å². The van der Waals surface area contributed by atoms with Crippen LogP contribution in [0.3, 0.4) is 0 Å². The average Bonchev–Trinajstić information content (AvgIpc) is 3.29. The topological polar surface area (TPSA) is 74.7 Å². The predicted octanol–water partition coefficient (Wildman–Crippen LogP) is 5.94. The number of pyridine rings is 1. The Morgan fingerprint density at radius 2 is 1.69 bits per heavy atom. The molecule has 186 valence electrons. The van der Waals surface area contributed by atoms with Gasteiger partial charge in [-0.1, -0.05) is 39.0 Å². The first-order valence-electron chi connectivity index (χ1n) is 12.3. The van der Waals surface area contributed by atoms with Gasteiger partial charge in [-0.25, -0.2) is 0 Å². The van der Waals surface area contributed by atoms with Crippen molar-refractivity contribution in [2.45, 2.75) is 65.0 Å². The van der Waals surface area contributed by atoms with Crippen LogP contribution in [0, 0.1) is 0 Å². The normalized spacial score (nSPS) is 13.7. The van der Waals surface area contributed by atoms with Crippen molar-refractivity contribution < 1.29 is 9.59 Å². The van der Waals surface area contributed by atoms with Crippen LogP contribution in [0.4, 0.5) is 11.4 Å². The third-order valence-corrected chi connectivity index (χ3v) is 6.10. The van der Waals surface area contributed by atoms with Crippen molar-refractivity contribution in [1.82, 2.24) is 10.3 Å². The SMILES string of the molecule is CC(C)(C)NC(=O)C(c1cccnc1)N(C(=O)c1ccc2c(c1)CC=N2)c1ccc(C(C)(C)C)cc1. The highest BCUT2D eigenvalue weighted by Crippen LogP contribution is 2.33. The molecule has 1 aliphatic rings. The van der Waals surface area contributed by atoms with Crippen LogP contribution in [0.2, 0.25) is 0 Å². The molecule has 0 bridgehead atoms. The van der Waals surface area contributed by atoms with Crippen molar-refractivity contribution in [3.8, 4) is 0 Å². The van der Waals surface area contributed by atoms with Crippen LogP contribution in [-0.4, -0.2) is 28.6 Å². The van der Waals surface area contributed by atoms with Gasteiger partial charge >= 0.3 is 0 Å². The van der Waals surface area contributed by atoms with Gasteiger partial charge in [-0.15, -0.1) is 0 Å². The second kappa shape index (κ2) is 9.69. The molecule has 36 heavy (non-hydrogen) atoms. The number of carbonyl (C=O) groups is 2. The molecule has 0 saturated heterocycles. The largest absolute Gasteiger partial charge is 0.349 e. The number of aliphatic imine (C=N–C) groups is 1. The summed E-state index contributed by atoms with van der Waals surface area (Å²) in [6, 6.07) is 16.1. The van der Waals surface area contributed by atoms with E-state index < -0.39 is 11.6 Å². The van der Waals surface area contributed by atoms with Gasteiger partial charge in [-0.3, -0.25) is 24.5 Å². The first-order chi connectivity index (χ1) is 16.9. The maximum atomic E-state index is 14.2. The Balaban J connectivity index is 1.86. The molecule has 1 aliphatic heterocycles. The maximum absolute atomic E-state index is 14.2. The summed E-state index contributed by atoms with van der Waals surface area (Å²) in [5, 5.41) is 3.07. The Kier molecular flexibility index (Phi) is 6.81. The molecule has 0 saturated carbocycles. The van der Waals surface area contributed by atoms with E-state index in [0.717, 1.165) is 16.8 Å². The lowest BCUT2D eigenvalue weighted by Crippen LogP contribution is -2.49. The van der Waals surface area contributed by atoms with Crippen LogP contribution in [0.5, 0.6) is 0 Å². The summed E-state index contributed by atoms with van der Waals surface area (Å²) in [6.45, 7) is 12.2. The molecule has 1 atom stereocenters. The second-order valence-corrected chi connectivity index (χ2v) is 11.3. The molecule has 0 aliphatic carbocycles. The number of benzene rings is 2. The van der Waals surface area contributed by atoms with Gasteiger partial charge in [0.2, 0.25) is 5.91 Å². The van der Waals surface area contributed by atoms with E-state index in [-0.39, 0.29) is 17.2 Å². The Labute approximate surface area is 213 Å². The number of amides is 2. The van der Waals surface area contributed by atoms with E-state index >= 15 is 0 Å². The van der Waals surface area contributed by atoms with Gasteiger partial charge in [-0.05, 0) is 73.7 Å². The van der Waals surface area contributed by atoms with Gasteiger partial charge in [0.05, 0.1) is 5.69 Å². The zero-order chi connectivity index (χ0) is 26.1. The predicted molar refractivity (Wildman–Crippen MR) is 145 cm³/mol. The third kappa shape index (κ3) is 5.54. The molecule has 2 heterocycles. The summed E-state index contributed by atoms with van der Waals surface area (Å²) < 4.78 is 0. The van der Waals surface area contributed by atoms with Crippen molar-refractivity contribution in [1.29, 1.82) is 0 Å². The zero-order valence-corrected chi connectivity index (χ0v) is 21.9. The lowest BCUT2D eigenvalue weighted by Gasteiger charge is -2.34. The fourth-order valence-electron chi connectivity index (χ4n) is 4.29. The van der Waals surface area contributed by atoms with E-state index in [1.54, 1.807) is 29.4 Å². The molecule has 1 N–H and O–H groups in total. The summed E-state index contributed by atoms with van der Waals surface area (Å²) in [4.78, 5) is 38.2.